The zero-order chi connectivity index (χ0) is 17.8. The molecule has 0 saturated carbocycles. The van der Waals surface area contributed by atoms with Crippen LogP contribution in [0.4, 0.5) is 17.3 Å². The zero-order valence-electron chi connectivity index (χ0n) is 13.3. The Morgan fingerprint density at radius 3 is 2.40 bits per heavy atom. The van der Waals surface area contributed by atoms with Gasteiger partial charge in [0.05, 0.1) is 15.6 Å². The summed E-state index contributed by atoms with van der Waals surface area (Å²) in [5.41, 5.74) is 2.87. The summed E-state index contributed by atoms with van der Waals surface area (Å²) in [6, 6.07) is 12.7. The molecule has 2 N–H and O–H groups in total. The van der Waals surface area contributed by atoms with Gasteiger partial charge >= 0.3 is 0 Å². The topological polar surface area (TPSA) is 66.9 Å². The Bertz CT molecular complexity index is 913. The van der Waals surface area contributed by atoms with Gasteiger partial charge in [0.2, 0.25) is 5.95 Å². The first kappa shape index (κ1) is 17.2. The maximum absolute atomic E-state index is 12.2. The molecule has 1 aromatic heterocycles. The van der Waals surface area contributed by atoms with Gasteiger partial charge in [-0.3, -0.25) is 4.79 Å². The molecule has 2 aromatic carbocycles. The van der Waals surface area contributed by atoms with E-state index in [-0.39, 0.29) is 5.91 Å². The second-order valence-corrected chi connectivity index (χ2v) is 6.13. The number of aromatic nitrogens is 2. The molecular weight excluding hydrogens is 359 g/mol. The summed E-state index contributed by atoms with van der Waals surface area (Å²) in [5, 5.41) is 6.63. The molecule has 7 heteroatoms. The summed E-state index contributed by atoms with van der Waals surface area (Å²) >= 11 is 11.8. The van der Waals surface area contributed by atoms with Gasteiger partial charge in [-0.25, -0.2) is 9.97 Å². The van der Waals surface area contributed by atoms with Crippen LogP contribution in [0.3, 0.4) is 0 Å². The van der Waals surface area contributed by atoms with E-state index in [0.29, 0.717) is 27.2 Å². The minimum atomic E-state index is -0.333. The first-order valence-corrected chi connectivity index (χ1v) is 8.19. The number of hydrogen-bond donors (Lipinski definition) is 2. The second-order valence-electron chi connectivity index (χ2n) is 5.32. The number of carbonyl (C=O) groups excluding carboxylic acids is 1. The van der Waals surface area contributed by atoms with E-state index in [1.807, 2.05) is 31.2 Å². The summed E-state index contributed by atoms with van der Waals surface area (Å²) in [7, 11) is 0. The maximum Gasteiger partial charge on any atom is 0.258 e. The SMILES string of the molecule is Cc1ccccc1Nc1ncc(C(=O)Nc2ccc(Cl)c(Cl)c2)cn1. The molecule has 3 aromatic rings. The summed E-state index contributed by atoms with van der Waals surface area (Å²) in [5.74, 6) is 0.0845. The molecule has 0 bridgehead atoms. The molecule has 5 nitrogen and oxygen atoms in total. The third-order valence-electron chi connectivity index (χ3n) is 3.48. The van der Waals surface area contributed by atoms with Crippen LogP contribution < -0.4 is 10.6 Å². The average molecular weight is 373 g/mol. The number of nitrogens with zero attached hydrogens (tertiary/aromatic N) is 2. The van der Waals surface area contributed by atoms with Gasteiger partial charge in [-0.2, -0.15) is 0 Å². The lowest BCUT2D eigenvalue weighted by molar-refractivity contribution is 0.102. The number of halogens is 2. The number of hydrogen-bond acceptors (Lipinski definition) is 4. The van der Waals surface area contributed by atoms with Gasteiger partial charge in [0, 0.05) is 23.8 Å². The van der Waals surface area contributed by atoms with Gasteiger partial charge in [0.1, 0.15) is 0 Å². The van der Waals surface area contributed by atoms with E-state index in [0.717, 1.165) is 11.3 Å². The Balaban J connectivity index is 1.70. The number of benzene rings is 2. The van der Waals surface area contributed by atoms with Crippen LogP contribution in [-0.4, -0.2) is 15.9 Å². The van der Waals surface area contributed by atoms with Crippen molar-refractivity contribution in [2.45, 2.75) is 6.92 Å². The van der Waals surface area contributed by atoms with E-state index in [9.17, 15) is 4.79 Å². The summed E-state index contributed by atoms with van der Waals surface area (Å²) in [6.07, 6.45) is 2.92. The smallest absolute Gasteiger partial charge is 0.258 e. The molecule has 0 aliphatic rings. The van der Waals surface area contributed by atoms with Crippen molar-refractivity contribution in [2.24, 2.45) is 0 Å². The van der Waals surface area contributed by atoms with Gasteiger partial charge in [-0.15, -0.1) is 0 Å². The van der Waals surface area contributed by atoms with Crippen molar-refractivity contribution in [1.82, 2.24) is 9.97 Å². The molecule has 126 valence electrons. The van der Waals surface area contributed by atoms with Crippen LogP contribution in [0, 0.1) is 6.92 Å². The number of carbonyl (C=O) groups is 1. The maximum atomic E-state index is 12.2. The highest BCUT2D eigenvalue weighted by Crippen LogP contribution is 2.25. The molecule has 0 fully saturated rings. The van der Waals surface area contributed by atoms with Crippen LogP contribution in [0.1, 0.15) is 15.9 Å². The standard InChI is InChI=1S/C18H14Cl2N4O/c1-11-4-2-3-5-16(11)24-18-21-9-12(10-22-18)17(25)23-13-6-7-14(19)15(20)8-13/h2-10H,1H3,(H,23,25)(H,21,22,24). The van der Waals surface area contributed by atoms with E-state index in [4.69, 9.17) is 23.2 Å². The average Bonchev–Trinajstić information content (AvgIpc) is 2.61. The number of nitrogens with one attached hydrogen (secondary N) is 2. The number of rotatable bonds is 4. The van der Waals surface area contributed by atoms with Crippen molar-refractivity contribution in [2.75, 3.05) is 10.6 Å². The van der Waals surface area contributed by atoms with E-state index < -0.39 is 0 Å². The number of anilines is 3. The molecule has 0 radical (unpaired) electrons. The van der Waals surface area contributed by atoms with Gasteiger partial charge in [-0.05, 0) is 36.8 Å². The number of para-hydroxylation sites is 1. The Morgan fingerprint density at radius 1 is 1.00 bits per heavy atom. The molecule has 25 heavy (non-hydrogen) atoms. The quantitative estimate of drug-likeness (QED) is 0.669. The molecule has 0 saturated heterocycles. The lowest BCUT2D eigenvalue weighted by Crippen LogP contribution is -2.13. The Labute approximate surface area is 155 Å². The van der Waals surface area contributed by atoms with Crippen LogP contribution in [0.2, 0.25) is 10.0 Å². The van der Waals surface area contributed by atoms with Crippen molar-refractivity contribution in [3.05, 3.63) is 76.0 Å². The minimum absolute atomic E-state index is 0.333. The largest absolute Gasteiger partial charge is 0.324 e. The van der Waals surface area contributed by atoms with Crippen LogP contribution in [0.15, 0.2) is 54.9 Å². The van der Waals surface area contributed by atoms with Crippen molar-refractivity contribution in [3.8, 4) is 0 Å². The summed E-state index contributed by atoms with van der Waals surface area (Å²) < 4.78 is 0. The van der Waals surface area contributed by atoms with Gasteiger partial charge < -0.3 is 10.6 Å². The van der Waals surface area contributed by atoms with Gasteiger partial charge in [0.15, 0.2) is 0 Å². The molecular formula is C18H14Cl2N4O. The second kappa shape index (κ2) is 7.51. The highest BCUT2D eigenvalue weighted by Gasteiger charge is 2.09. The summed E-state index contributed by atoms with van der Waals surface area (Å²) in [6.45, 7) is 1.99. The Kier molecular flexibility index (Phi) is 5.16. The van der Waals surface area contributed by atoms with E-state index in [1.165, 1.54) is 12.4 Å². The molecule has 0 unspecified atom stereocenters. The van der Waals surface area contributed by atoms with Crippen molar-refractivity contribution in [1.29, 1.82) is 0 Å². The van der Waals surface area contributed by atoms with Crippen LogP contribution in [0.5, 0.6) is 0 Å². The Hall–Kier alpha value is -2.63. The zero-order valence-corrected chi connectivity index (χ0v) is 14.8. The highest BCUT2D eigenvalue weighted by molar-refractivity contribution is 6.42. The fourth-order valence-electron chi connectivity index (χ4n) is 2.12. The lowest BCUT2D eigenvalue weighted by Gasteiger charge is -2.09. The molecule has 1 heterocycles. The molecule has 0 aliphatic heterocycles. The van der Waals surface area contributed by atoms with Crippen molar-refractivity contribution >= 4 is 46.4 Å². The third-order valence-corrected chi connectivity index (χ3v) is 4.22. The fraction of sp³-hybridized carbons (Fsp3) is 0.0556. The van der Waals surface area contributed by atoms with Gasteiger partial charge in [0.25, 0.3) is 5.91 Å². The molecule has 0 spiro atoms. The predicted molar refractivity (Wildman–Crippen MR) is 101 cm³/mol. The number of amides is 1. The van der Waals surface area contributed by atoms with E-state index in [2.05, 4.69) is 20.6 Å². The molecule has 0 atom stereocenters. The van der Waals surface area contributed by atoms with Crippen molar-refractivity contribution < 1.29 is 4.79 Å². The van der Waals surface area contributed by atoms with Crippen LogP contribution in [-0.2, 0) is 0 Å². The van der Waals surface area contributed by atoms with E-state index >= 15 is 0 Å². The van der Waals surface area contributed by atoms with E-state index in [1.54, 1.807) is 18.2 Å². The molecule has 3 rings (SSSR count). The molecule has 1 amide bonds. The highest BCUT2D eigenvalue weighted by atomic mass is 35.5. The lowest BCUT2D eigenvalue weighted by atomic mass is 10.2. The van der Waals surface area contributed by atoms with Crippen LogP contribution >= 0.6 is 23.2 Å². The predicted octanol–water partition coefficient (Wildman–Crippen LogP) is 5.09. The van der Waals surface area contributed by atoms with Crippen LogP contribution in [0.25, 0.3) is 0 Å². The number of aryl methyl sites for hydroxylation is 1. The van der Waals surface area contributed by atoms with Gasteiger partial charge in [-0.1, -0.05) is 41.4 Å². The summed E-state index contributed by atoms with van der Waals surface area (Å²) in [4.78, 5) is 20.6. The normalized spacial score (nSPS) is 10.4. The minimum Gasteiger partial charge on any atom is -0.324 e. The third kappa shape index (κ3) is 4.26. The Morgan fingerprint density at radius 2 is 1.72 bits per heavy atom. The van der Waals surface area contributed by atoms with Crippen molar-refractivity contribution in [3.63, 3.8) is 0 Å². The first-order valence-electron chi connectivity index (χ1n) is 7.44. The first-order chi connectivity index (χ1) is 12.0. The molecule has 0 aliphatic carbocycles. The monoisotopic (exact) mass is 372 g/mol. The fourth-order valence-corrected chi connectivity index (χ4v) is 2.42.